The lowest BCUT2D eigenvalue weighted by Gasteiger charge is -2.09. The number of aliphatic hydroxyl groups excluding tert-OH is 1. The minimum Gasteiger partial charge on any atom is -0.493 e. The maximum Gasteiger partial charge on any atom is 0.265 e. The second kappa shape index (κ2) is 7.88. The van der Waals surface area contributed by atoms with Gasteiger partial charge in [-0.1, -0.05) is 12.7 Å². The van der Waals surface area contributed by atoms with Gasteiger partial charge < -0.3 is 14.6 Å². The van der Waals surface area contributed by atoms with Crippen molar-refractivity contribution in [3.8, 4) is 11.5 Å². The number of nitrogens with one attached hydrogen (secondary N) is 1. The molecule has 1 aromatic carbocycles. The van der Waals surface area contributed by atoms with Crippen LogP contribution in [0.5, 0.6) is 11.5 Å². The summed E-state index contributed by atoms with van der Waals surface area (Å²) in [7, 11) is 1.53. The van der Waals surface area contributed by atoms with Gasteiger partial charge in [0.15, 0.2) is 11.5 Å². The topological polar surface area (TPSA) is 80.2 Å². The Kier molecular flexibility index (Phi) is 6.11. The highest BCUT2D eigenvalue weighted by atomic mass is 16.5. The van der Waals surface area contributed by atoms with Gasteiger partial charge in [-0.25, -0.2) is 5.43 Å². The van der Waals surface area contributed by atoms with Crippen LogP contribution in [0, 0.1) is 0 Å². The summed E-state index contributed by atoms with van der Waals surface area (Å²) < 4.78 is 10.6. The van der Waals surface area contributed by atoms with Crippen molar-refractivity contribution in [2.45, 2.75) is 0 Å². The minimum absolute atomic E-state index is 0.385. The first-order valence-corrected chi connectivity index (χ1v) is 5.55. The first-order valence-electron chi connectivity index (χ1n) is 5.55. The first kappa shape index (κ1) is 14.7. The number of hydrogen-bond donors (Lipinski definition) is 2. The molecule has 0 saturated heterocycles. The van der Waals surface area contributed by atoms with Gasteiger partial charge in [0.2, 0.25) is 0 Å². The molecule has 1 rings (SSSR count). The van der Waals surface area contributed by atoms with E-state index in [0.29, 0.717) is 18.1 Å². The van der Waals surface area contributed by atoms with Crippen molar-refractivity contribution >= 4 is 12.1 Å². The SMILES string of the molecule is C=CCOc1ccc(/C=N\NC(=O)CO)cc1OC. The number of benzene rings is 1. The fourth-order valence-electron chi connectivity index (χ4n) is 1.25. The van der Waals surface area contributed by atoms with Crippen LogP contribution in [0.15, 0.2) is 36.0 Å². The Morgan fingerprint density at radius 1 is 1.53 bits per heavy atom. The van der Waals surface area contributed by atoms with Crippen molar-refractivity contribution in [3.63, 3.8) is 0 Å². The lowest BCUT2D eigenvalue weighted by atomic mass is 10.2. The zero-order valence-corrected chi connectivity index (χ0v) is 10.6. The summed E-state index contributed by atoms with van der Waals surface area (Å²) in [6.45, 7) is 3.35. The summed E-state index contributed by atoms with van der Waals surface area (Å²) in [6.07, 6.45) is 3.08. The summed E-state index contributed by atoms with van der Waals surface area (Å²) in [5.41, 5.74) is 2.89. The van der Waals surface area contributed by atoms with Crippen LogP contribution >= 0.6 is 0 Å². The molecule has 0 saturated carbocycles. The van der Waals surface area contributed by atoms with Crippen LogP contribution in [0.25, 0.3) is 0 Å². The molecule has 0 heterocycles. The van der Waals surface area contributed by atoms with E-state index < -0.39 is 12.5 Å². The molecular formula is C13H16N2O4. The molecule has 0 fully saturated rings. The first-order chi connectivity index (χ1) is 9.21. The van der Waals surface area contributed by atoms with E-state index in [1.54, 1.807) is 24.3 Å². The van der Waals surface area contributed by atoms with Gasteiger partial charge >= 0.3 is 0 Å². The largest absolute Gasteiger partial charge is 0.493 e. The number of nitrogens with zero attached hydrogens (tertiary/aromatic N) is 1. The van der Waals surface area contributed by atoms with Gasteiger partial charge in [-0.2, -0.15) is 5.10 Å². The Bertz CT molecular complexity index is 472. The smallest absolute Gasteiger partial charge is 0.265 e. The fourth-order valence-corrected chi connectivity index (χ4v) is 1.25. The molecule has 2 N–H and O–H groups in total. The summed E-state index contributed by atoms with van der Waals surface area (Å²) in [6, 6.07) is 5.21. The van der Waals surface area contributed by atoms with Crippen LogP contribution in [0.4, 0.5) is 0 Å². The Hall–Kier alpha value is -2.34. The lowest BCUT2D eigenvalue weighted by molar-refractivity contribution is -0.123. The number of carbonyl (C=O) groups excluding carboxylic acids is 1. The van der Waals surface area contributed by atoms with Gasteiger partial charge in [0.05, 0.1) is 13.3 Å². The maximum atomic E-state index is 10.8. The van der Waals surface area contributed by atoms with Crippen molar-refractivity contribution in [1.29, 1.82) is 0 Å². The number of hydrogen-bond acceptors (Lipinski definition) is 5. The summed E-state index contributed by atoms with van der Waals surface area (Å²) >= 11 is 0. The van der Waals surface area contributed by atoms with Crippen molar-refractivity contribution in [3.05, 3.63) is 36.4 Å². The van der Waals surface area contributed by atoms with E-state index in [2.05, 4.69) is 17.1 Å². The van der Waals surface area contributed by atoms with E-state index in [0.717, 1.165) is 5.56 Å². The molecule has 0 aromatic heterocycles. The molecule has 0 atom stereocenters. The number of hydrazone groups is 1. The van der Waals surface area contributed by atoms with Crippen molar-refractivity contribution in [1.82, 2.24) is 5.43 Å². The number of amides is 1. The average molecular weight is 264 g/mol. The van der Waals surface area contributed by atoms with Gasteiger partial charge in [-0.15, -0.1) is 0 Å². The number of rotatable bonds is 7. The quantitative estimate of drug-likeness (QED) is 0.431. The zero-order valence-electron chi connectivity index (χ0n) is 10.6. The van der Waals surface area contributed by atoms with E-state index >= 15 is 0 Å². The number of methoxy groups -OCH3 is 1. The summed E-state index contributed by atoms with van der Waals surface area (Å²) in [4.78, 5) is 10.8. The van der Waals surface area contributed by atoms with Crippen LogP contribution in [-0.2, 0) is 4.79 Å². The molecule has 19 heavy (non-hydrogen) atoms. The maximum absolute atomic E-state index is 10.8. The fraction of sp³-hybridized carbons (Fsp3) is 0.231. The van der Waals surface area contributed by atoms with Crippen LogP contribution < -0.4 is 14.9 Å². The molecule has 0 unspecified atom stereocenters. The van der Waals surface area contributed by atoms with E-state index in [1.165, 1.54) is 13.3 Å². The molecule has 102 valence electrons. The molecule has 0 aliphatic heterocycles. The van der Waals surface area contributed by atoms with Gasteiger partial charge in [0.1, 0.15) is 13.2 Å². The van der Waals surface area contributed by atoms with E-state index in [4.69, 9.17) is 14.6 Å². The standard InChI is InChI=1S/C13H16N2O4/c1-3-6-19-11-5-4-10(7-12(11)18-2)8-14-15-13(17)9-16/h3-5,7-8,16H,1,6,9H2,2H3,(H,15,17)/b14-8-. The van der Waals surface area contributed by atoms with E-state index in [1.807, 2.05) is 0 Å². The highest BCUT2D eigenvalue weighted by Gasteiger charge is 2.04. The Morgan fingerprint density at radius 3 is 2.95 bits per heavy atom. The van der Waals surface area contributed by atoms with Crippen LogP contribution in [-0.4, -0.2) is 37.6 Å². The Balaban J connectivity index is 2.75. The van der Waals surface area contributed by atoms with Crippen molar-refractivity contribution < 1.29 is 19.4 Å². The molecule has 0 spiro atoms. The van der Waals surface area contributed by atoms with Crippen molar-refractivity contribution in [2.24, 2.45) is 5.10 Å². The normalized spacial score (nSPS) is 10.2. The predicted octanol–water partition coefficient (Wildman–Crippen LogP) is 0.702. The predicted molar refractivity (Wildman–Crippen MR) is 71.5 cm³/mol. The van der Waals surface area contributed by atoms with Crippen LogP contribution in [0.1, 0.15) is 5.56 Å². The monoisotopic (exact) mass is 264 g/mol. The molecule has 1 aromatic rings. The third-order valence-electron chi connectivity index (χ3n) is 2.09. The molecule has 0 bridgehead atoms. The summed E-state index contributed by atoms with van der Waals surface area (Å²) in [5.74, 6) is 0.576. The van der Waals surface area contributed by atoms with E-state index in [-0.39, 0.29) is 0 Å². The Labute approximate surface area is 111 Å². The van der Waals surface area contributed by atoms with Gasteiger partial charge in [-0.3, -0.25) is 4.79 Å². The molecule has 0 radical (unpaired) electrons. The van der Waals surface area contributed by atoms with E-state index in [9.17, 15) is 4.79 Å². The lowest BCUT2D eigenvalue weighted by Crippen LogP contribution is -2.20. The number of aliphatic hydroxyl groups is 1. The molecular weight excluding hydrogens is 248 g/mol. The minimum atomic E-state index is -0.602. The zero-order chi connectivity index (χ0) is 14.1. The Morgan fingerprint density at radius 2 is 2.32 bits per heavy atom. The summed E-state index contributed by atoms with van der Waals surface area (Å²) in [5, 5.41) is 12.2. The second-order valence-corrected chi connectivity index (χ2v) is 3.46. The molecule has 6 nitrogen and oxygen atoms in total. The highest BCUT2D eigenvalue weighted by molar-refractivity contribution is 5.83. The average Bonchev–Trinajstić information content (AvgIpc) is 2.45. The van der Waals surface area contributed by atoms with Gasteiger partial charge in [0.25, 0.3) is 5.91 Å². The van der Waals surface area contributed by atoms with Crippen LogP contribution in [0.2, 0.25) is 0 Å². The third-order valence-corrected chi connectivity index (χ3v) is 2.09. The molecule has 0 aliphatic carbocycles. The van der Waals surface area contributed by atoms with Gasteiger partial charge in [0, 0.05) is 0 Å². The molecule has 1 amide bonds. The van der Waals surface area contributed by atoms with Crippen LogP contribution in [0.3, 0.4) is 0 Å². The molecule has 6 heteroatoms. The molecule has 0 aliphatic rings. The number of ether oxygens (including phenoxy) is 2. The third kappa shape index (κ3) is 4.81. The van der Waals surface area contributed by atoms with Crippen molar-refractivity contribution in [2.75, 3.05) is 20.3 Å². The van der Waals surface area contributed by atoms with Gasteiger partial charge in [-0.05, 0) is 23.8 Å². The number of carbonyl (C=O) groups is 1. The second-order valence-electron chi connectivity index (χ2n) is 3.46. The highest BCUT2D eigenvalue weighted by Crippen LogP contribution is 2.27.